The average molecular weight is 1480 g/mol. The van der Waals surface area contributed by atoms with Gasteiger partial charge in [0.15, 0.2) is 17.1 Å². The topological polar surface area (TPSA) is 304 Å². The van der Waals surface area contributed by atoms with Crippen molar-refractivity contribution in [1.29, 1.82) is 15.8 Å². The van der Waals surface area contributed by atoms with Crippen molar-refractivity contribution in [2.75, 3.05) is 65.5 Å². The zero-order valence-electron chi connectivity index (χ0n) is 54.0. The van der Waals surface area contributed by atoms with E-state index < -0.39 is 94.8 Å². The zero-order chi connectivity index (χ0) is 75.8. The third-order valence-electron chi connectivity index (χ3n) is 15.6. The quantitative estimate of drug-likeness (QED) is 0.0393. The Morgan fingerprint density at radius 2 is 0.893 bits per heavy atom. The Hall–Kier alpha value is -10.5. The van der Waals surface area contributed by atoms with Crippen molar-refractivity contribution in [1.82, 2.24) is 53.8 Å². The second-order valence-electron chi connectivity index (χ2n) is 22.8. The highest BCUT2D eigenvalue weighted by Crippen LogP contribution is 2.43. The lowest BCUT2D eigenvalue weighted by atomic mass is 9.94. The Balaban J connectivity index is 0.000000183. The number of hydrogen-bond acceptors (Lipinski definition) is 20. The van der Waals surface area contributed by atoms with Crippen LogP contribution in [0.2, 0.25) is 0 Å². The summed E-state index contributed by atoms with van der Waals surface area (Å²) in [5.74, 6) is -7.87. The first kappa shape index (κ1) is 78.2. The molecule has 1 saturated carbocycles. The summed E-state index contributed by atoms with van der Waals surface area (Å²) in [5.41, 5.74) is 1.50. The van der Waals surface area contributed by atoms with Crippen LogP contribution >= 0.6 is 0 Å². The van der Waals surface area contributed by atoms with Crippen LogP contribution in [0.5, 0.6) is 17.2 Å². The van der Waals surface area contributed by atoms with Gasteiger partial charge in [0, 0.05) is 69.6 Å². The van der Waals surface area contributed by atoms with Gasteiger partial charge in [-0.3, -0.25) is 18.7 Å². The van der Waals surface area contributed by atoms with Crippen LogP contribution in [0, 0.1) is 34.0 Å². The Morgan fingerprint density at radius 1 is 0.544 bits per heavy atom. The molecule has 103 heavy (non-hydrogen) atoms. The lowest BCUT2D eigenvalue weighted by Crippen LogP contribution is -2.59. The molecule has 0 amide bonds. The van der Waals surface area contributed by atoms with Crippen LogP contribution in [0.25, 0.3) is 66.9 Å². The van der Waals surface area contributed by atoms with E-state index in [-0.39, 0.29) is 81.1 Å². The number of aromatic nitrogens is 9. The number of piperazine rings is 1. The van der Waals surface area contributed by atoms with E-state index in [1.165, 1.54) is 49.8 Å². The average Bonchev–Trinajstić information content (AvgIpc) is 1.78. The third kappa shape index (κ3) is 19.4. The Kier molecular flexibility index (Phi) is 23.8. The van der Waals surface area contributed by atoms with Gasteiger partial charge in [-0.15, -0.1) is 0 Å². The number of nitrogens with zero attached hydrogens (tertiary/aromatic N) is 13. The molecular formula is C64H55F15N14O9S. The Morgan fingerprint density at radius 3 is 1.21 bits per heavy atom. The van der Waals surface area contributed by atoms with Gasteiger partial charge in [-0.25, -0.2) is 29.9 Å². The van der Waals surface area contributed by atoms with Crippen molar-refractivity contribution in [3.05, 3.63) is 126 Å². The van der Waals surface area contributed by atoms with Crippen LogP contribution < -0.4 is 19.5 Å². The number of carbonyl (C=O) groups is 2. The molecule has 39 heteroatoms. The predicted octanol–water partition coefficient (Wildman–Crippen LogP) is 11.1. The molecule has 2 aliphatic rings. The van der Waals surface area contributed by atoms with E-state index in [0.29, 0.717) is 39.6 Å². The number of halogens is 15. The van der Waals surface area contributed by atoms with Gasteiger partial charge in [0.2, 0.25) is 0 Å². The highest BCUT2D eigenvalue weighted by atomic mass is 32.2. The number of nitrogens with one attached hydrogen (secondary N) is 1. The number of imidazole rings is 3. The van der Waals surface area contributed by atoms with Gasteiger partial charge in [-0.2, -0.15) is 90.1 Å². The molecule has 1 saturated heterocycles. The number of hydrogen-bond donors (Lipinski definition) is 2. The Bertz CT molecular complexity index is 4850. The molecule has 1 aliphatic heterocycles. The summed E-state index contributed by atoms with van der Waals surface area (Å²) < 4.78 is 237. The molecule has 0 radical (unpaired) electrons. The third-order valence-corrected chi connectivity index (χ3v) is 16.2. The maximum absolute atomic E-state index is 14.0. The fourth-order valence-corrected chi connectivity index (χ4v) is 11.2. The molecule has 3 aromatic carbocycles. The van der Waals surface area contributed by atoms with Crippen molar-refractivity contribution in [2.24, 2.45) is 21.1 Å². The van der Waals surface area contributed by atoms with Gasteiger partial charge in [0.05, 0.1) is 82.2 Å². The second kappa shape index (κ2) is 31.4. The molecule has 0 atom stereocenters. The number of alkyl halides is 15. The van der Waals surface area contributed by atoms with Gasteiger partial charge in [0.25, 0.3) is 10.1 Å². The van der Waals surface area contributed by atoms with Crippen molar-refractivity contribution in [2.45, 2.75) is 62.1 Å². The van der Waals surface area contributed by atoms with Crippen LogP contribution in [0.3, 0.4) is 0 Å². The molecule has 0 unspecified atom stereocenters. The number of fused-ring (bicyclic) bond motifs is 3. The normalized spacial score (nSPS) is 14.1. The summed E-state index contributed by atoms with van der Waals surface area (Å²) in [7, 11) is 1.44. The number of benzene rings is 3. The van der Waals surface area contributed by atoms with Crippen LogP contribution in [0.15, 0.2) is 91.8 Å². The molecule has 1 aliphatic carbocycles. The van der Waals surface area contributed by atoms with Crippen molar-refractivity contribution in [3.8, 4) is 69.2 Å². The lowest BCUT2D eigenvalue weighted by molar-refractivity contribution is -0.193. The number of aliphatic hydroxyl groups excluding tert-OH is 1. The number of Topliss-reactive ketones (excluding diaryl/α,β-unsaturated/α-hetero) is 2. The van der Waals surface area contributed by atoms with Crippen molar-refractivity contribution < 1.29 is 107 Å². The van der Waals surface area contributed by atoms with E-state index in [0.717, 1.165) is 63.0 Å². The first-order valence-corrected chi connectivity index (χ1v) is 31.9. The van der Waals surface area contributed by atoms with E-state index in [2.05, 4.69) is 44.3 Å². The summed E-state index contributed by atoms with van der Waals surface area (Å²) in [4.78, 5) is 46.3. The summed E-state index contributed by atoms with van der Waals surface area (Å²) in [6.07, 6.45) is -15.4. The Labute approximate surface area is 573 Å². The van der Waals surface area contributed by atoms with Crippen molar-refractivity contribution >= 4 is 54.8 Å². The lowest BCUT2D eigenvalue weighted by Gasteiger charge is -2.41. The molecular weight excluding hydrogens is 1430 g/mol. The number of ether oxygens (including phenoxy) is 3. The minimum absolute atomic E-state index is 0.00471. The molecule has 6 aromatic heterocycles. The SMILES string of the molecule is Cn1cnc2c(C#N)nc(-c3ccc(OCCN4CCNC5(CCCC5)C4)c(C(F)(F)F)c3)cc21.Cn1cnc2c(C#N)nc(-c3ccc(OCCO)c(C(F)(F)F)c3)cc21.Cn1cnc2c(C#N)nc(-c3ccc(OCCOS(C)(=O)=O)c(C(F)(F)F)c3)cc21.O=C(C(=O)C(F)(F)F)C(F)(F)F. The number of pyridine rings is 3. The number of aryl methyl sites for hydroxylation is 3. The minimum atomic E-state index is -5.77. The molecule has 11 rings (SSSR count). The number of aliphatic hydroxyl groups is 1. The molecule has 7 heterocycles. The van der Waals surface area contributed by atoms with E-state index in [1.54, 1.807) is 65.4 Å². The number of ketones is 2. The maximum atomic E-state index is 14.0. The molecule has 9 aromatic rings. The monoisotopic (exact) mass is 1480 g/mol. The van der Waals surface area contributed by atoms with Gasteiger partial charge >= 0.3 is 42.4 Å². The van der Waals surface area contributed by atoms with Crippen LogP contribution in [-0.2, 0) is 63.6 Å². The summed E-state index contributed by atoms with van der Waals surface area (Å²) in [5, 5.41) is 40.4. The standard InChI is InChI=1S/C25H27F3N6O.C18H15F3N4O4S.C17H13F3N4O2.C4F6O2/c1-33-16-30-23-20(14-29)32-19(13-21(23)33)17-4-5-22(18(12-17)25(26,27)28)35-11-10-34-9-8-31-24(15-34)6-2-3-7-24;1-25-10-23-17-14(9-22)24-13(8-15(17)25)11-3-4-16(12(7-11)18(19,20)21)28-5-6-29-30(2,26)27;1-24-9-22-16-13(8-21)23-12(7-14(16)24)10-2-3-15(26-5-4-25)11(6-10)17(18,19)20;5-3(6,7)1(11)2(12)4(8,9)10/h4-5,12-13,16,31H,2-3,6-11,15H2,1H3;3-4,7-8,10H,5-6H2,1-2H3;2-3,6-7,9,25H,4-5H2,1H3;. The number of rotatable bonds is 16. The predicted molar refractivity (Wildman–Crippen MR) is 333 cm³/mol. The van der Waals surface area contributed by atoms with E-state index in [4.69, 9.17) is 19.3 Å². The maximum Gasteiger partial charge on any atom is 0.458 e. The molecule has 0 bridgehead atoms. The van der Waals surface area contributed by atoms with Gasteiger partial charge in [-0.1, -0.05) is 12.8 Å². The number of nitriles is 3. The fourth-order valence-electron chi connectivity index (χ4n) is 10.8. The highest BCUT2D eigenvalue weighted by Gasteiger charge is 2.54. The van der Waals surface area contributed by atoms with Gasteiger partial charge < -0.3 is 38.3 Å². The number of carbonyl (C=O) groups excluding carboxylic acids is 2. The summed E-state index contributed by atoms with van der Waals surface area (Å²) >= 11 is 0. The molecule has 546 valence electrons. The van der Waals surface area contributed by atoms with E-state index in [1.807, 2.05) is 18.2 Å². The molecule has 2 fully saturated rings. The van der Waals surface area contributed by atoms with Crippen LogP contribution in [0.4, 0.5) is 65.9 Å². The summed E-state index contributed by atoms with van der Waals surface area (Å²) in [6.45, 7) is 1.94. The highest BCUT2D eigenvalue weighted by molar-refractivity contribution is 7.86. The first-order chi connectivity index (χ1) is 48.2. The zero-order valence-corrected chi connectivity index (χ0v) is 54.8. The largest absolute Gasteiger partial charge is 0.492 e. The van der Waals surface area contributed by atoms with E-state index >= 15 is 0 Å². The molecule has 2 N–H and O–H groups in total. The van der Waals surface area contributed by atoms with Crippen molar-refractivity contribution in [3.63, 3.8) is 0 Å². The molecule has 1 spiro atoms. The fraction of sp³-hybridized carbons (Fsp3) is 0.359. The van der Waals surface area contributed by atoms with E-state index in [9.17, 15) is 99.6 Å². The second-order valence-corrected chi connectivity index (χ2v) is 24.5. The van der Waals surface area contributed by atoms with Crippen LogP contribution in [-0.4, -0.2) is 157 Å². The molecule has 23 nitrogen and oxygen atoms in total. The van der Waals surface area contributed by atoms with Crippen LogP contribution in [0.1, 0.15) is 59.5 Å². The minimum Gasteiger partial charge on any atom is -0.492 e. The van der Waals surface area contributed by atoms with Gasteiger partial charge in [0.1, 0.15) is 78.4 Å². The summed E-state index contributed by atoms with van der Waals surface area (Å²) in [6, 6.07) is 21.3. The smallest absolute Gasteiger partial charge is 0.458 e. The first-order valence-electron chi connectivity index (χ1n) is 30.0. The van der Waals surface area contributed by atoms with Gasteiger partial charge in [-0.05, 0) is 85.6 Å².